The predicted molar refractivity (Wildman–Crippen MR) is 184 cm³/mol. The standard InChI is InChI=1S/C38H46N2O4S/c1-5-7-21-43-22-23-44-36-15-11-31(12-16-36)32-13-19-38(29(3)4)33(25-32)10-14-35(41)24-30-8-17-37(18-9-30)45(42)27-34-26-39-28-40(34)20-6-2/h8-19,25-26,28-29H,5-7,20-24,27H2,1-4H3/b14-10+/t45-/m1/s1. The van der Waals surface area contributed by atoms with Gasteiger partial charge in [0.1, 0.15) is 12.4 Å². The Morgan fingerprint density at radius 3 is 2.40 bits per heavy atom. The molecule has 1 heterocycles. The lowest BCUT2D eigenvalue weighted by Gasteiger charge is -2.13. The Kier molecular flexibility index (Phi) is 13.3. The Bertz CT molecular complexity index is 1560. The van der Waals surface area contributed by atoms with Crippen LogP contribution < -0.4 is 4.74 Å². The van der Waals surface area contributed by atoms with Gasteiger partial charge in [0.15, 0.2) is 5.78 Å². The monoisotopic (exact) mass is 626 g/mol. The van der Waals surface area contributed by atoms with E-state index in [1.807, 2.05) is 42.5 Å². The van der Waals surface area contributed by atoms with E-state index >= 15 is 0 Å². The van der Waals surface area contributed by atoms with Crippen molar-refractivity contribution in [3.63, 3.8) is 0 Å². The van der Waals surface area contributed by atoms with E-state index in [0.717, 1.165) is 71.0 Å². The molecule has 6 nitrogen and oxygen atoms in total. The Hall–Kier alpha value is -3.81. The number of allylic oxidation sites excluding steroid dienone is 1. The number of hydrogen-bond donors (Lipinski definition) is 0. The third kappa shape index (κ3) is 10.4. The number of imidazole rings is 1. The van der Waals surface area contributed by atoms with Crippen LogP contribution in [-0.4, -0.2) is 39.4 Å². The number of ketones is 1. The van der Waals surface area contributed by atoms with Gasteiger partial charge in [-0.05, 0) is 83.0 Å². The number of aromatic nitrogens is 2. The molecule has 1 aromatic heterocycles. The van der Waals surface area contributed by atoms with Gasteiger partial charge in [0.25, 0.3) is 0 Å². The van der Waals surface area contributed by atoms with Crippen molar-refractivity contribution in [2.24, 2.45) is 0 Å². The number of ether oxygens (including phenoxy) is 2. The van der Waals surface area contributed by atoms with Crippen molar-refractivity contribution in [3.8, 4) is 16.9 Å². The number of benzene rings is 3. The van der Waals surface area contributed by atoms with Crippen LogP contribution in [0.4, 0.5) is 0 Å². The van der Waals surface area contributed by atoms with Crippen LogP contribution in [0.15, 0.2) is 90.2 Å². The Morgan fingerprint density at radius 2 is 1.69 bits per heavy atom. The molecule has 0 radical (unpaired) electrons. The molecule has 0 unspecified atom stereocenters. The van der Waals surface area contributed by atoms with Crippen molar-refractivity contribution >= 4 is 22.7 Å². The summed E-state index contributed by atoms with van der Waals surface area (Å²) in [6, 6.07) is 22.0. The maximum Gasteiger partial charge on any atom is 0.160 e. The van der Waals surface area contributed by atoms with Crippen molar-refractivity contribution in [1.29, 1.82) is 0 Å². The minimum absolute atomic E-state index is 0.0209. The third-order valence-electron chi connectivity index (χ3n) is 7.59. The van der Waals surface area contributed by atoms with E-state index in [9.17, 15) is 9.00 Å². The molecule has 1 atom stereocenters. The zero-order valence-electron chi connectivity index (χ0n) is 27.0. The van der Waals surface area contributed by atoms with Gasteiger partial charge in [-0.25, -0.2) is 4.98 Å². The van der Waals surface area contributed by atoms with E-state index in [-0.39, 0.29) is 12.2 Å². The van der Waals surface area contributed by atoms with Crippen LogP contribution in [0.25, 0.3) is 17.2 Å². The van der Waals surface area contributed by atoms with E-state index in [2.05, 4.69) is 67.6 Å². The number of aryl methyl sites for hydroxylation is 1. The highest BCUT2D eigenvalue weighted by molar-refractivity contribution is 7.84. The average Bonchev–Trinajstić information content (AvgIpc) is 3.48. The summed E-state index contributed by atoms with van der Waals surface area (Å²) in [4.78, 5) is 17.9. The first-order valence-electron chi connectivity index (χ1n) is 16.0. The van der Waals surface area contributed by atoms with E-state index < -0.39 is 10.8 Å². The molecule has 7 heteroatoms. The molecule has 0 saturated carbocycles. The topological polar surface area (TPSA) is 70.4 Å². The molecule has 4 aromatic rings. The summed E-state index contributed by atoms with van der Waals surface area (Å²) >= 11 is 0. The molecule has 0 aliphatic rings. The van der Waals surface area contributed by atoms with Gasteiger partial charge < -0.3 is 14.0 Å². The number of unbranched alkanes of at least 4 members (excludes halogenated alkanes) is 1. The number of carbonyl (C=O) groups excluding carboxylic acids is 1. The maximum absolute atomic E-state index is 13.0. The largest absolute Gasteiger partial charge is 0.491 e. The molecule has 45 heavy (non-hydrogen) atoms. The fourth-order valence-electron chi connectivity index (χ4n) is 5.07. The molecule has 0 N–H and O–H groups in total. The highest BCUT2D eigenvalue weighted by Gasteiger charge is 2.11. The Balaban J connectivity index is 1.36. The molecule has 0 fully saturated rings. The van der Waals surface area contributed by atoms with Crippen LogP contribution in [0, 0.1) is 0 Å². The predicted octanol–water partition coefficient (Wildman–Crippen LogP) is 8.41. The zero-order valence-corrected chi connectivity index (χ0v) is 27.9. The quantitative estimate of drug-likeness (QED) is 0.0819. The first-order valence-corrected chi connectivity index (χ1v) is 17.3. The fraction of sp³-hybridized carbons (Fsp3) is 0.368. The molecule has 0 spiro atoms. The average molecular weight is 627 g/mol. The smallest absolute Gasteiger partial charge is 0.160 e. The van der Waals surface area contributed by atoms with E-state index in [0.29, 0.717) is 24.9 Å². The van der Waals surface area contributed by atoms with Gasteiger partial charge in [0.2, 0.25) is 0 Å². The lowest BCUT2D eigenvalue weighted by molar-refractivity contribution is -0.113. The summed E-state index contributed by atoms with van der Waals surface area (Å²) in [7, 11) is -1.18. The molecular formula is C38H46N2O4S. The summed E-state index contributed by atoms with van der Waals surface area (Å²) in [6.07, 6.45) is 10.7. The Morgan fingerprint density at radius 1 is 0.933 bits per heavy atom. The first-order chi connectivity index (χ1) is 21.9. The molecular weight excluding hydrogens is 580 g/mol. The van der Waals surface area contributed by atoms with E-state index in [1.165, 1.54) is 5.56 Å². The van der Waals surface area contributed by atoms with Crippen molar-refractivity contribution in [2.75, 3.05) is 19.8 Å². The molecule has 0 aliphatic heterocycles. The van der Waals surface area contributed by atoms with E-state index in [1.54, 1.807) is 18.6 Å². The summed E-state index contributed by atoms with van der Waals surface area (Å²) in [5, 5.41) is 0. The lowest BCUT2D eigenvalue weighted by Crippen LogP contribution is -2.07. The van der Waals surface area contributed by atoms with Gasteiger partial charge in [0, 0.05) is 30.7 Å². The number of carbonyl (C=O) groups is 1. The summed E-state index contributed by atoms with van der Waals surface area (Å²) in [6.45, 7) is 11.3. The molecule has 0 amide bonds. The van der Waals surface area contributed by atoms with Crippen LogP contribution in [0.3, 0.4) is 0 Å². The van der Waals surface area contributed by atoms with Gasteiger partial charge in [-0.1, -0.05) is 76.6 Å². The summed E-state index contributed by atoms with van der Waals surface area (Å²) < 4.78 is 26.4. The lowest BCUT2D eigenvalue weighted by atomic mass is 9.92. The molecule has 0 bridgehead atoms. The zero-order chi connectivity index (χ0) is 32.0. The Labute approximate surface area is 271 Å². The number of hydrogen-bond acceptors (Lipinski definition) is 5. The normalized spacial score (nSPS) is 12.2. The van der Waals surface area contributed by atoms with Gasteiger partial charge in [-0.15, -0.1) is 0 Å². The molecule has 0 saturated heterocycles. The first kappa shape index (κ1) is 34.1. The van der Waals surface area contributed by atoms with Gasteiger partial charge in [0.05, 0.1) is 35.2 Å². The molecule has 238 valence electrons. The highest BCUT2D eigenvalue weighted by Crippen LogP contribution is 2.29. The third-order valence-corrected chi connectivity index (χ3v) is 8.95. The second-order valence-electron chi connectivity index (χ2n) is 11.5. The summed E-state index contributed by atoms with van der Waals surface area (Å²) in [5.74, 6) is 1.58. The fourth-order valence-corrected chi connectivity index (χ4v) is 6.18. The van der Waals surface area contributed by atoms with E-state index in [4.69, 9.17) is 9.47 Å². The number of rotatable bonds is 18. The molecule has 0 aliphatic carbocycles. The summed E-state index contributed by atoms with van der Waals surface area (Å²) in [5.41, 5.74) is 6.27. The van der Waals surface area contributed by atoms with Gasteiger partial charge >= 0.3 is 0 Å². The minimum Gasteiger partial charge on any atom is -0.491 e. The van der Waals surface area contributed by atoms with Gasteiger partial charge in [-0.3, -0.25) is 9.00 Å². The van der Waals surface area contributed by atoms with Gasteiger partial charge in [-0.2, -0.15) is 0 Å². The maximum atomic E-state index is 13.0. The number of nitrogens with zero attached hydrogens (tertiary/aromatic N) is 2. The van der Waals surface area contributed by atoms with Crippen molar-refractivity contribution in [3.05, 3.63) is 108 Å². The highest BCUT2D eigenvalue weighted by atomic mass is 32.2. The molecule has 4 rings (SSSR count). The minimum atomic E-state index is -1.18. The van der Waals surface area contributed by atoms with Crippen LogP contribution in [-0.2, 0) is 39.0 Å². The second kappa shape index (κ2) is 17.6. The SMILES string of the molecule is CCCCOCCOc1ccc(-c2ccc(C(C)C)c(/C=C/C(=O)Cc3ccc([S@](=O)Cc4cncn4CCC)cc3)c2)cc1. The van der Waals surface area contributed by atoms with Crippen LogP contribution in [0.5, 0.6) is 5.75 Å². The van der Waals surface area contributed by atoms with Crippen molar-refractivity contribution in [1.82, 2.24) is 9.55 Å². The van der Waals surface area contributed by atoms with Crippen LogP contribution >= 0.6 is 0 Å². The van der Waals surface area contributed by atoms with Crippen LogP contribution in [0.2, 0.25) is 0 Å². The second-order valence-corrected chi connectivity index (χ2v) is 13.0. The van der Waals surface area contributed by atoms with Crippen molar-refractivity contribution in [2.45, 2.75) is 76.5 Å². The van der Waals surface area contributed by atoms with Crippen LogP contribution in [0.1, 0.15) is 75.3 Å². The van der Waals surface area contributed by atoms with Crippen molar-refractivity contribution < 1.29 is 18.5 Å². The molecule has 3 aromatic carbocycles.